The first-order chi connectivity index (χ1) is 21.2. The third kappa shape index (κ3) is 18.5. The summed E-state index contributed by atoms with van der Waals surface area (Å²) in [6.07, 6.45) is 10.7. The molecule has 0 spiro atoms. The van der Waals surface area contributed by atoms with Crippen LogP contribution in [0, 0.1) is 17.8 Å². The Kier molecular flexibility index (Phi) is 21.4. The Labute approximate surface area is 268 Å². The average Bonchev–Trinajstić information content (AvgIpc) is 3.00. The molecule has 2 amide bonds. The van der Waals surface area contributed by atoms with Crippen LogP contribution >= 0.6 is 0 Å². The quantitative estimate of drug-likeness (QED) is 0.116. The highest BCUT2D eigenvalue weighted by Gasteiger charge is 2.28. The van der Waals surface area contributed by atoms with Gasteiger partial charge in [0.1, 0.15) is 0 Å². The summed E-state index contributed by atoms with van der Waals surface area (Å²) in [5, 5.41) is 5.64. The second-order valence-electron chi connectivity index (χ2n) is 12.5. The lowest BCUT2D eigenvalue weighted by Crippen LogP contribution is -2.38. The van der Waals surface area contributed by atoms with E-state index in [-0.39, 0.29) is 30.2 Å². The standard InChI is InChI=1S/C34H50N2O4.C4H10/c1-4-7-9-11-15-30(34(39)40-24-8-5-2)25-29(23-22-28-20-18-27(14-6-3)19-21-28)33(38)35-26-32(37)36-31-16-12-10-13-17-31;1-4(2)3/h10,12-13,16-21,29-30H,4-9,11,14-15,22-26H2,1-3H3,(H,35,38)(H,36,37);4H,1-3H3/t29-,30?;/m1./s1. The van der Waals surface area contributed by atoms with Gasteiger partial charge in [-0.25, -0.2) is 0 Å². The van der Waals surface area contributed by atoms with E-state index in [1.807, 2.05) is 30.3 Å². The maximum atomic E-state index is 13.4. The molecule has 1 unspecified atom stereocenters. The summed E-state index contributed by atoms with van der Waals surface area (Å²) in [7, 11) is 0. The lowest BCUT2D eigenvalue weighted by Gasteiger charge is -2.23. The number of carbonyl (C=O) groups excluding carboxylic acids is 3. The highest BCUT2D eigenvalue weighted by Crippen LogP contribution is 2.25. The number of para-hydroxylation sites is 1. The normalized spacial score (nSPS) is 12.1. The van der Waals surface area contributed by atoms with Gasteiger partial charge in [0.15, 0.2) is 0 Å². The van der Waals surface area contributed by atoms with Crippen LogP contribution in [0.3, 0.4) is 0 Å². The van der Waals surface area contributed by atoms with Crippen molar-refractivity contribution in [2.75, 3.05) is 18.5 Å². The van der Waals surface area contributed by atoms with Crippen LogP contribution in [0.25, 0.3) is 0 Å². The van der Waals surface area contributed by atoms with E-state index < -0.39 is 5.92 Å². The summed E-state index contributed by atoms with van der Waals surface area (Å²) in [6.45, 7) is 13.2. The minimum Gasteiger partial charge on any atom is -0.465 e. The number of aryl methyl sites for hydroxylation is 2. The minimum absolute atomic E-state index is 0.113. The van der Waals surface area contributed by atoms with Crippen LogP contribution in [-0.2, 0) is 32.0 Å². The third-order valence-corrected chi connectivity index (χ3v) is 7.25. The summed E-state index contributed by atoms with van der Waals surface area (Å²) in [4.78, 5) is 39.0. The van der Waals surface area contributed by atoms with E-state index in [4.69, 9.17) is 4.74 Å². The van der Waals surface area contributed by atoms with E-state index in [9.17, 15) is 14.4 Å². The minimum atomic E-state index is -0.394. The van der Waals surface area contributed by atoms with Gasteiger partial charge in [0.2, 0.25) is 11.8 Å². The summed E-state index contributed by atoms with van der Waals surface area (Å²) in [5.74, 6) is -0.552. The highest BCUT2D eigenvalue weighted by atomic mass is 16.5. The first-order valence-corrected chi connectivity index (χ1v) is 17.1. The predicted molar refractivity (Wildman–Crippen MR) is 184 cm³/mol. The summed E-state index contributed by atoms with van der Waals surface area (Å²) in [6, 6.07) is 17.8. The van der Waals surface area contributed by atoms with Crippen LogP contribution in [0.5, 0.6) is 0 Å². The van der Waals surface area contributed by atoms with Crippen LogP contribution in [0.1, 0.15) is 117 Å². The molecule has 0 aliphatic heterocycles. The molecule has 0 bridgehead atoms. The lowest BCUT2D eigenvalue weighted by atomic mass is 9.86. The van der Waals surface area contributed by atoms with Gasteiger partial charge in [0.25, 0.3) is 0 Å². The molecule has 0 aliphatic carbocycles. The van der Waals surface area contributed by atoms with Gasteiger partial charge in [-0.3, -0.25) is 14.4 Å². The van der Waals surface area contributed by atoms with Crippen molar-refractivity contribution in [1.29, 1.82) is 0 Å². The van der Waals surface area contributed by atoms with Crippen molar-refractivity contribution in [3.8, 4) is 0 Å². The molecule has 0 radical (unpaired) electrons. The number of esters is 1. The van der Waals surface area contributed by atoms with Gasteiger partial charge in [-0.1, -0.05) is 123 Å². The van der Waals surface area contributed by atoms with Crippen molar-refractivity contribution in [1.82, 2.24) is 5.32 Å². The molecule has 2 aromatic rings. The number of amides is 2. The molecule has 0 fully saturated rings. The average molecular weight is 609 g/mol. The van der Waals surface area contributed by atoms with Gasteiger partial charge < -0.3 is 15.4 Å². The smallest absolute Gasteiger partial charge is 0.308 e. The molecule has 2 N–H and O–H groups in total. The van der Waals surface area contributed by atoms with Crippen molar-refractivity contribution < 1.29 is 19.1 Å². The Bertz CT molecular complexity index is 1030. The fourth-order valence-electron chi connectivity index (χ4n) is 4.82. The Morgan fingerprint density at radius 3 is 1.91 bits per heavy atom. The van der Waals surface area contributed by atoms with Crippen LogP contribution in [0.2, 0.25) is 0 Å². The summed E-state index contributed by atoms with van der Waals surface area (Å²) < 4.78 is 5.61. The molecule has 2 aromatic carbocycles. The Morgan fingerprint density at radius 2 is 1.32 bits per heavy atom. The maximum absolute atomic E-state index is 13.4. The highest BCUT2D eigenvalue weighted by molar-refractivity contribution is 5.94. The zero-order valence-electron chi connectivity index (χ0n) is 28.5. The molecule has 2 rings (SSSR count). The van der Waals surface area contributed by atoms with Crippen LogP contribution in [0.4, 0.5) is 5.69 Å². The molecule has 44 heavy (non-hydrogen) atoms. The second kappa shape index (κ2) is 24.2. The number of benzene rings is 2. The van der Waals surface area contributed by atoms with Crippen molar-refractivity contribution >= 4 is 23.5 Å². The van der Waals surface area contributed by atoms with E-state index in [1.165, 1.54) is 11.1 Å². The molecule has 2 atom stereocenters. The Morgan fingerprint density at radius 1 is 0.705 bits per heavy atom. The fraction of sp³-hybridized carbons (Fsp3) is 0.605. The fourth-order valence-corrected chi connectivity index (χ4v) is 4.82. The van der Waals surface area contributed by atoms with E-state index in [0.717, 1.165) is 70.1 Å². The molecule has 0 saturated carbocycles. The topological polar surface area (TPSA) is 84.5 Å². The van der Waals surface area contributed by atoms with Gasteiger partial charge in [-0.05, 0) is 67.7 Å². The number of rotatable bonds is 20. The number of hydrogen-bond acceptors (Lipinski definition) is 4. The van der Waals surface area contributed by atoms with Gasteiger partial charge in [0.05, 0.1) is 19.1 Å². The summed E-state index contributed by atoms with van der Waals surface area (Å²) >= 11 is 0. The van der Waals surface area contributed by atoms with Gasteiger partial charge in [0, 0.05) is 11.6 Å². The van der Waals surface area contributed by atoms with Crippen LogP contribution < -0.4 is 10.6 Å². The zero-order valence-corrected chi connectivity index (χ0v) is 28.5. The van der Waals surface area contributed by atoms with Crippen molar-refractivity contribution in [3.05, 3.63) is 65.7 Å². The third-order valence-electron chi connectivity index (χ3n) is 7.25. The van der Waals surface area contributed by atoms with Crippen LogP contribution in [-0.4, -0.2) is 30.9 Å². The number of ether oxygens (including phenoxy) is 1. The Balaban J connectivity index is 0.00000227. The molecule has 0 saturated heterocycles. The first kappa shape index (κ1) is 38.9. The van der Waals surface area contributed by atoms with Crippen molar-refractivity contribution in [3.63, 3.8) is 0 Å². The van der Waals surface area contributed by atoms with E-state index in [2.05, 4.69) is 76.4 Å². The largest absolute Gasteiger partial charge is 0.465 e. The van der Waals surface area contributed by atoms with Gasteiger partial charge >= 0.3 is 5.97 Å². The molecule has 0 heterocycles. The molecular formula is C38H60N2O4. The predicted octanol–water partition coefficient (Wildman–Crippen LogP) is 8.93. The second-order valence-corrected chi connectivity index (χ2v) is 12.5. The molecule has 246 valence electrons. The SMILES string of the molecule is CC(C)C.CCCCCCC(C[C@@H](CCc1ccc(CCC)cc1)C(=O)NCC(=O)Nc1ccccc1)C(=O)OCCCC. The first-order valence-electron chi connectivity index (χ1n) is 17.1. The maximum Gasteiger partial charge on any atom is 0.308 e. The molecule has 0 aromatic heterocycles. The summed E-state index contributed by atoms with van der Waals surface area (Å²) in [5.41, 5.74) is 3.17. The van der Waals surface area contributed by atoms with Gasteiger partial charge in [-0.2, -0.15) is 0 Å². The van der Waals surface area contributed by atoms with E-state index >= 15 is 0 Å². The Hall–Kier alpha value is -3.15. The van der Waals surface area contributed by atoms with Crippen molar-refractivity contribution in [2.24, 2.45) is 17.8 Å². The number of nitrogens with one attached hydrogen (secondary N) is 2. The zero-order chi connectivity index (χ0) is 32.6. The molecular weight excluding hydrogens is 548 g/mol. The number of carbonyl (C=O) groups is 3. The van der Waals surface area contributed by atoms with Crippen LogP contribution in [0.15, 0.2) is 54.6 Å². The molecule has 6 nitrogen and oxygen atoms in total. The van der Waals surface area contributed by atoms with Crippen molar-refractivity contribution in [2.45, 2.75) is 119 Å². The number of unbranched alkanes of at least 4 members (excludes halogenated alkanes) is 4. The molecule has 0 aliphatic rings. The number of anilines is 1. The monoisotopic (exact) mass is 608 g/mol. The lowest BCUT2D eigenvalue weighted by molar-refractivity contribution is -0.150. The molecule has 6 heteroatoms. The number of hydrogen-bond donors (Lipinski definition) is 2. The van der Waals surface area contributed by atoms with E-state index in [1.54, 1.807) is 0 Å². The van der Waals surface area contributed by atoms with Gasteiger partial charge in [-0.15, -0.1) is 0 Å². The van der Waals surface area contributed by atoms with E-state index in [0.29, 0.717) is 25.1 Å².